The predicted molar refractivity (Wildman–Crippen MR) is 60.1 cm³/mol. The van der Waals surface area contributed by atoms with E-state index in [-0.39, 0.29) is 6.42 Å². The Morgan fingerprint density at radius 1 is 1.26 bits per heavy atom. The maximum Gasteiger partial charge on any atom is 0.326 e. The minimum atomic E-state index is -1.38. The van der Waals surface area contributed by atoms with Crippen molar-refractivity contribution in [1.29, 1.82) is 0 Å². The number of aliphatic carboxylic acids is 1. The summed E-state index contributed by atoms with van der Waals surface area (Å²) in [7, 11) is 0. The lowest BCUT2D eigenvalue weighted by Crippen LogP contribution is -2.41. The molecule has 2 N–H and O–H groups in total. The second kappa shape index (κ2) is 6.21. The molecular weight excluding hydrogens is 263 g/mol. The lowest BCUT2D eigenvalue weighted by Gasteiger charge is -2.14. The highest BCUT2D eigenvalue weighted by Gasteiger charge is 2.24. The first-order chi connectivity index (χ1) is 8.86. The monoisotopic (exact) mass is 275 g/mol. The first-order valence-corrected chi connectivity index (χ1v) is 5.55. The van der Waals surface area contributed by atoms with E-state index in [2.05, 4.69) is 0 Å². The molecule has 1 amide bonds. The van der Waals surface area contributed by atoms with E-state index < -0.39 is 40.9 Å². The minimum Gasteiger partial charge on any atom is -0.480 e. The zero-order valence-electron chi connectivity index (χ0n) is 10.0. The first kappa shape index (κ1) is 15.0. The van der Waals surface area contributed by atoms with Gasteiger partial charge in [-0.15, -0.1) is 0 Å². The van der Waals surface area contributed by atoms with Crippen LogP contribution >= 0.6 is 0 Å². The maximum absolute atomic E-state index is 13.3. The number of rotatable bonds is 5. The lowest BCUT2D eigenvalue weighted by molar-refractivity contribution is -0.139. The van der Waals surface area contributed by atoms with Gasteiger partial charge < -0.3 is 10.4 Å². The molecule has 19 heavy (non-hydrogen) atoms. The fourth-order valence-electron chi connectivity index (χ4n) is 1.54. The van der Waals surface area contributed by atoms with E-state index in [0.29, 0.717) is 18.6 Å². The van der Waals surface area contributed by atoms with Crippen LogP contribution in [0, 0.1) is 17.5 Å². The third-order valence-electron chi connectivity index (χ3n) is 2.41. The third kappa shape index (κ3) is 3.70. The molecule has 0 radical (unpaired) electrons. The summed E-state index contributed by atoms with van der Waals surface area (Å²) in [5, 5.41) is 10.8. The molecule has 1 atom stereocenters. The quantitative estimate of drug-likeness (QED) is 0.864. The number of carbonyl (C=O) groups is 2. The van der Waals surface area contributed by atoms with Crippen molar-refractivity contribution < 1.29 is 27.9 Å². The molecule has 1 rings (SSSR count). The van der Waals surface area contributed by atoms with Gasteiger partial charge in [0.1, 0.15) is 29.1 Å². The van der Waals surface area contributed by atoms with E-state index in [0.717, 1.165) is 0 Å². The molecule has 1 aromatic carbocycles. The fraction of sp³-hybridized carbons (Fsp3) is 0.333. The summed E-state index contributed by atoms with van der Waals surface area (Å²) in [6.45, 7) is 1.70. The van der Waals surface area contributed by atoms with Crippen LogP contribution in [0.2, 0.25) is 0 Å². The summed E-state index contributed by atoms with van der Waals surface area (Å²) in [6.07, 6.45) is 0.580. The second-order valence-corrected chi connectivity index (χ2v) is 3.90. The number of hydrogen-bond donors (Lipinski definition) is 2. The number of halogens is 3. The van der Waals surface area contributed by atoms with Crippen molar-refractivity contribution in [3.8, 4) is 0 Å². The van der Waals surface area contributed by atoms with E-state index >= 15 is 0 Å². The largest absolute Gasteiger partial charge is 0.480 e. The zero-order valence-corrected chi connectivity index (χ0v) is 10.0. The van der Waals surface area contributed by atoms with Gasteiger partial charge in [-0.1, -0.05) is 13.3 Å². The molecule has 7 heteroatoms. The Bertz CT molecular complexity index is 482. The topological polar surface area (TPSA) is 66.4 Å². The Labute approximate surface area is 107 Å². The summed E-state index contributed by atoms with van der Waals surface area (Å²) in [6, 6.07) is -0.539. The molecule has 0 fully saturated rings. The molecule has 0 aliphatic carbocycles. The van der Waals surface area contributed by atoms with Crippen LogP contribution in [-0.2, 0) is 4.79 Å². The van der Waals surface area contributed by atoms with Crippen LogP contribution in [0.3, 0.4) is 0 Å². The Kier molecular flexibility index (Phi) is 4.91. The molecule has 0 saturated carbocycles. The molecule has 0 aromatic heterocycles. The van der Waals surface area contributed by atoms with E-state index in [4.69, 9.17) is 5.11 Å². The molecular formula is C12H12F3NO3. The van der Waals surface area contributed by atoms with Crippen molar-refractivity contribution in [3.05, 3.63) is 35.1 Å². The molecule has 0 spiro atoms. The molecule has 0 saturated heterocycles. The van der Waals surface area contributed by atoms with Crippen LogP contribution < -0.4 is 5.32 Å². The predicted octanol–water partition coefficient (Wildman–Crippen LogP) is 2.09. The van der Waals surface area contributed by atoms with Crippen molar-refractivity contribution in [2.24, 2.45) is 0 Å². The average molecular weight is 275 g/mol. The van der Waals surface area contributed by atoms with Gasteiger partial charge in [-0.05, 0) is 6.42 Å². The van der Waals surface area contributed by atoms with Gasteiger partial charge in [-0.3, -0.25) is 4.79 Å². The third-order valence-corrected chi connectivity index (χ3v) is 2.41. The van der Waals surface area contributed by atoms with Gasteiger partial charge >= 0.3 is 5.97 Å². The van der Waals surface area contributed by atoms with E-state index in [9.17, 15) is 22.8 Å². The highest BCUT2D eigenvalue weighted by molar-refractivity contribution is 5.97. The fourth-order valence-corrected chi connectivity index (χ4v) is 1.54. The summed E-state index contributed by atoms with van der Waals surface area (Å²) >= 11 is 0. The number of carboxylic acids is 1. The van der Waals surface area contributed by atoms with Gasteiger partial charge in [0.25, 0.3) is 5.91 Å². The van der Waals surface area contributed by atoms with Crippen LogP contribution in [0.4, 0.5) is 13.2 Å². The molecule has 0 aliphatic rings. The van der Waals surface area contributed by atoms with E-state index in [1.807, 2.05) is 5.32 Å². The SMILES string of the molecule is CCC[C@@H](NC(=O)c1c(F)cc(F)cc1F)C(=O)O. The van der Waals surface area contributed by atoms with Crippen molar-refractivity contribution in [2.45, 2.75) is 25.8 Å². The minimum absolute atomic E-state index is 0.117. The molecule has 0 bridgehead atoms. The lowest BCUT2D eigenvalue weighted by atomic mass is 10.1. The Morgan fingerprint density at radius 3 is 2.21 bits per heavy atom. The number of carboxylic acid groups (broad SMARTS) is 1. The van der Waals surface area contributed by atoms with Crippen molar-refractivity contribution in [2.75, 3.05) is 0 Å². The maximum atomic E-state index is 13.3. The summed E-state index contributed by atoms with van der Waals surface area (Å²) in [5.41, 5.74) is -0.997. The summed E-state index contributed by atoms with van der Waals surface area (Å²) in [4.78, 5) is 22.4. The van der Waals surface area contributed by atoms with Crippen LogP contribution in [0.1, 0.15) is 30.1 Å². The van der Waals surface area contributed by atoms with Gasteiger partial charge in [0.15, 0.2) is 0 Å². The van der Waals surface area contributed by atoms with E-state index in [1.54, 1.807) is 6.92 Å². The molecule has 0 unspecified atom stereocenters. The second-order valence-electron chi connectivity index (χ2n) is 3.90. The molecule has 1 aromatic rings. The van der Waals surface area contributed by atoms with Crippen LogP contribution in [0.15, 0.2) is 12.1 Å². The molecule has 4 nitrogen and oxygen atoms in total. The number of benzene rings is 1. The summed E-state index contributed by atoms with van der Waals surface area (Å²) < 4.78 is 39.3. The number of nitrogens with one attached hydrogen (secondary N) is 1. The van der Waals surface area contributed by atoms with Crippen molar-refractivity contribution >= 4 is 11.9 Å². The normalized spacial score (nSPS) is 12.0. The average Bonchev–Trinajstić information content (AvgIpc) is 2.26. The first-order valence-electron chi connectivity index (χ1n) is 5.55. The van der Waals surface area contributed by atoms with Crippen LogP contribution in [0.25, 0.3) is 0 Å². The molecule has 104 valence electrons. The van der Waals surface area contributed by atoms with E-state index in [1.165, 1.54) is 0 Å². The Hall–Kier alpha value is -2.05. The number of amides is 1. The molecule has 0 heterocycles. The van der Waals surface area contributed by atoms with Crippen LogP contribution in [-0.4, -0.2) is 23.0 Å². The van der Waals surface area contributed by atoms with Crippen molar-refractivity contribution in [3.63, 3.8) is 0 Å². The zero-order chi connectivity index (χ0) is 14.6. The highest BCUT2D eigenvalue weighted by atomic mass is 19.1. The number of carbonyl (C=O) groups excluding carboxylic acids is 1. The molecule has 0 aliphatic heterocycles. The highest BCUT2D eigenvalue weighted by Crippen LogP contribution is 2.15. The van der Waals surface area contributed by atoms with Gasteiger partial charge in [0.2, 0.25) is 0 Å². The Balaban J connectivity index is 2.98. The van der Waals surface area contributed by atoms with Gasteiger partial charge in [0, 0.05) is 12.1 Å². The van der Waals surface area contributed by atoms with Crippen molar-refractivity contribution in [1.82, 2.24) is 5.32 Å². The van der Waals surface area contributed by atoms with Gasteiger partial charge in [-0.2, -0.15) is 0 Å². The van der Waals surface area contributed by atoms with Gasteiger partial charge in [-0.25, -0.2) is 18.0 Å². The Morgan fingerprint density at radius 2 is 1.79 bits per heavy atom. The number of hydrogen-bond acceptors (Lipinski definition) is 2. The summed E-state index contributed by atoms with van der Waals surface area (Å²) in [5.74, 6) is -6.45. The van der Waals surface area contributed by atoms with Gasteiger partial charge in [0.05, 0.1) is 0 Å². The van der Waals surface area contributed by atoms with Crippen LogP contribution in [0.5, 0.6) is 0 Å². The standard InChI is InChI=1S/C12H12F3NO3/c1-2-3-9(12(18)19)16-11(17)10-7(14)4-6(13)5-8(10)15/h4-5,9H,2-3H2,1H3,(H,16,17)(H,18,19)/t9-/m1/s1. The smallest absolute Gasteiger partial charge is 0.326 e.